The summed E-state index contributed by atoms with van der Waals surface area (Å²) < 4.78 is 0. The summed E-state index contributed by atoms with van der Waals surface area (Å²) >= 11 is 0. The lowest BCUT2D eigenvalue weighted by Gasteiger charge is -2.21. The second kappa shape index (κ2) is 6.60. The first-order chi connectivity index (χ1) is 6.47. The van der Waals surface area contributed by atoms with Gasteiger partial charge in [0.2, 0.25) is 5.91 Å². The largest absolute Gasteiger partial charge is 0.348 e. The van der Waals surface area contributed by atoms with Gasteiger partial charge in [0.1, 0.15) is 0 Å². The van der Waals surface area contributed by atoms with Crippen molar-refractivity contribution in [3.63, 3.8) is 0 Å². The fourth-order valence-corrected chi connectivity index (χ4v) is 1.31. The van der Waals surface area contributed by atoms with E-state index >= 15 is 0 Å². The molecule has 82 valence electrons. The number of amides is 1. The van der Waals surface area contributed by atoms with Gasteiger partial charge in [-0.25, -0.2) is 0 Å². The molecule has 0 aliphatic carbocycles. The Morgan fingerprint density at radius 1 is 1.50 bits per heavy atom. The van der Waals surface area contributed by atoms with E-state index in [1.807, 2.05) is 14.1 Å². The van der Waals surface area contributed by atoms with Crippen LogP contribution in [0.25, 0.3) is 0 Å². The average molecular weight is 198 g/mol. The maximum atomic E-state index is 11.4. The van der Waals surface area contributed by atoms with Crippen LogP contribution in [0.1, 0.15) is 26.7 Å². The quantitative estimate of drug-likeness (QED) is 0.654. The molecular weight excluding hydrogens is 176 g/mol. The van der Waals surface area contributed by atoms with E-state index in [-0.39, 0.29) is 11.9 Å². The second-order valence-electron chi connectivity index (χ2n) is 4.00. The van der Waals surface area contributed by atoms with E-state index in [0.29, 0.717) is 5.57 Å². The van der Waals surface area contributed by atoms with Gasteiger partial charge in [0.15, 0.2) is 0 Å². The first-order valence-electron chi connectivity index (χ1n) is 5.08. The monoisotopic (exact) mass is 198 g/mol. The maximum absolute atomic E-state index is 11.4. The molecule has 0 spiro atoms. The van der Waals surface area contributed by atoms with Crippen LogP contribution >= 0.6 is 0 Å². The number of rotatable bonds is 6. The Bertz CT molecular complexity index is 199. The molecule has 3 nitrogen and oxygen atoms in total. The van der Waals surface area contributed by atoms with Gasteiger partial charge < -0.3 is 10.2 Å². The summed E-state index contributed by atoms with van der Waals surface area (Å²) in [4.78, 5) is 13.5. The zero-order valence-electron chi connectivity index (χ0n) is 9.76. The van der Waals surface area contributed by atoms with Crippen molar-refractivity contribution in [1.82, 2.24) is 10.2 Å². The van der Waals surface area contributed by atoms with Gasteiger partial charge in [-0.1, -0.05) is 19.9 Å². The lowest BCUT2D eigenvalue weighted by atomic mass is 10.1. The van der Waals surface area contributed by atoms with Crippen LogP contribution in [0.2, 0.25) is 0 Å². The number of carbonyl (C=O) groups excluding carboxylic acids is 1. The van der Waals surface area contributed by atoms with Crippen LogP contribution in [0.3, 0.4) is 0 Å². The van der Waals surface area contributed by atoms with Gasteiger partial charge in [0.05, 0.1) is 0 Å². The van der Waals surface area contributed by atoms with Crippen LogP contribution in [0, 0.1) is 0 Å². The SMILES string of the molecule is C=C(C)C(=O)NC(CCC)CN(C)C. The first kappa shape index (κ1) is 13.2. The minimum absolute atomic E-state index is 0.0368. The van der Waals surface area contributed by atoms with Crippen molar-refractivity contribution in [3.05, 3.63) is 12.2 Å². The topological polar surface area (TPSA) is 32.3 Å². The normalized spacial score (nSPS) is 12.6. The van der Waals surface area contributed by atoms with Crippen molar-refractivity contribution in [2.45, 2.75) is 32.7 Å². The molecule has 0 aromatic carbocycles. The Morgan fingerprint density at radius 3 is 2.43 bits per heavy atom. The number of nitrogens with zero attached hydrogens (tertiary/aromatic N) is 1. The van der Waals surface area contributed by atoms with Gasteiger partial charge in [-0.15, -0.1) is 0 Å². The highest BCUT2D eigenvalue weighted by Gasteiger charge is 2.12. The zero-order chi connectivity index (χ0) is 11.1. The molecule has 0 bridgehead atoms. The van der Waals surface area contributed by atoms with Crippen molar-refractivity contribution >= 4 is 5.91 Å². The summed E-state index contributed by atoms with van der Waals surface area (Å²) in [5, 5.41) is 2.97. The number of likely N-dealkylation sites (N-methyl/N-ethyl adjacent to an activating group) is 1. The molecule has 0 fully saturated rings. The highest BCUT2D eigenvalue weighted by Crippen LogP contribution is 1.99. The lowest BCUT2D eigenvalue weighted by Crippen LogP contribution is -2.41. The van der Waals surface area contributed by atoms with Gasteiger partial charge in [0, 0.05) is 18.2 Å². The molecular formula is C11H22N2O. The molecule has 0 radical (unpaired) electrons. The lowest BCUT2D eigenvalue weighted by molar-refractivity contribution is -0.118. The third-order valence-electron chi connectivity index (χ3n) is 1.95. The molecule has 0 aliphatic heterocycles. The van der Waals surface area contributed by atoms with Crippen LogP contribution in [0.4, 0.5) is 0 Å². The minimum atomic E-state index is -0.0368. The summed E-state index contributed by atoms with van der Waals surface area (Å²) in [6.45, 7) is 8.35. The fourth-order valence-electron chi connectivity index (χ4n) is 1.31. The van der Waals surface area contributed by atoms with Crippen LogP contribution in [-0.2, 0) is 4.79 Å². The molecule has 0 aromatic rings. The predicted molar refractivity (Wildman–Crippen MR) is 60.2 cm³/mol. The van der Waals surface area contributed by atoms with Crippen LogP contribution < -0.4 is 5.32 Å². The van der Waals surface area contributed by atoms with Crippen molar-refractivity contribution in [2.75, 3.05) is 20.6 Å². The molecule has 1 atom stereocenters. The van der Waals surface area contributed by atoms with E-state index in [4.69, 9.17) is 0 Å². The maximum Gasteiger partial charge on any atom is 0.246 e. The summed E-state index contributed by atoms with van der Waals surface area (Å²) in [5.74, 6) is -0.0368. The predicted octanol–water partition coefficient (Wildman–Crippen LogP) is 1.41. The number of nitrogens with one attached hydrogen (secondary N) is 1. The van der Waals surface area contributed by atoms with Gasteiger partial charge in [-0.3, -0.25) is 4.79 Å². The third kappa shape index (κ3) is 5.75. The molecule has 0 aliphatic rings. The Labute approximate surface area is 87.2 Å². The summed E-state index contributed by atoms with van der Waals surface area (Å²) in [6.07, 6.45) is 2.09. The molecule has 3 heteroatoms. The number of hydrogen-bond donors (Lipinski definition) is 1. The van der Waals surface area contributed by atoms with Crippen LogP contribution in [-0.4, -0.2) is 37.5 Å². The first-order valence-corrected chi connectivity index (χ1v) is 5.08. The van der Waals surface area contributed by atoms with E-state index in [1.165, 1.54) is 0 Å². The van der Waals surface area contributed by atoms with E-state index in [1.54, 1.807) is 6.92 Å². The smallest absolute Gasteiger partial charge is 0.246 e. The molecule has 0 saturated carbocycles. The average Bonchev–Trinajstić information content (AvgIpc) is 2.02. The van der Waals surface area contributed by atoms with Gasteiger partial charge in [0.25, 0.3) is 0 Å². The van der Waals surface area contributed by atoms with Gasteiger partial charge in [-0.2, -0.15) is 0 Å². The number of hydrogen-bond acceptors (Lipinski definition) is 2. The molecule has 0 rings (SSSR count). The molecule has 14 heavy (non-hydrogen) atoms. The van der Waals surface area contributed by atoms with Crippen LogP contribution in [0.5, 0.6) is 0 Å². The standard InChI is InChI=1S/C11H22N2O/c1-6-7-10(8-13(4)5)12-11(14)9(2)3/h10H,2,6-8H2,1,3-5H3,(H,12,14). The third-order valence-corrected chi connectivity index (χ3v) is 1.95. The molecule has 0 aromatic heterocycles. The Hall–Kier alpha value is -0.830. The van der Waals surface area contributed by atoms with Crippen molar-refractivity contribution < 1.29 is 4.79 Å². The fraction of sp³-hybridized carbons (Fsp3) is 0.727. The van der Waals surface area contributed by atoms with Crippen LogP contribution in [0.15, 0.2) is 12.2 Å². The van der Waals surface area contributed by atoms with Gasteiger partial charge in [-0.05, 0) is 27.4 Å². The second-order valence-corrected chi connectivity index (χ2v) is 4.00. The van der Waals surface area contributed by atoms with E-state index in [0.717, 1.165) is 19.4 Å². The summed E-state index contributed by atoms with van der Waals surface area (Å²) in [6, 6.07) is 0.235. The molecule has 1 unspecified atom stereocenters. The Kier molecular flexibility index (Phi) is 6.21. The van der Waals surface area contributed by atoms with E-state index in [9.17, 15) is 4.79 Å². The minimum Gasteiger partial charge on any atom is -0.348 e. The Morgan fingerprint density at radius 2 is 2.07 bits per heavy atom. The molecule has 1 amide bonds. The number of carbonyl (C=O) groups is 1. The molecule has 0 saturated heterocycles. The van der Waals surface area contributed by atoms with E-state index in [2.05, 4.69) is 23.7 Å². The van der Waals surface area contributed by atoms with Crippen molar-refractivity contribution in [3.8, 4) is 0 Å². The van der Waals surface area contributed by atoms with E-state index < -0.39 is 0 Å². The van der Waals surface area contributed by atoms with Gasteiger partial charge >= 0.3 is 0 Å². The highest BCUT2D eigenvalue weighted by atomic mass is 16.1. The molecule has 1 N–H and O–H groups in total. The summed E-state index contributed by atoms with van der Waals surface area (Å²) in [5.41, 5.74) is 0.574. The molecule has 0 heterocycles. The van der Waals surface area contributed by atoms with Crippen molar-refractivity contribution in [2.24, 2.45) is 0 Å². The Balaban J connectivity index is 4.08. The zero-order valence-corrected chi connectivity index (χ0v) is 9.76. The van der Waals surface area contributed by atoms with Crippen molar-refractivity contribution in [1.29, 1.82) is 0 Å². The highest BCUT2D eigenvalue weighted by molar-refractivity contribution is 5.92. The summed E-state index contributed by atoms with van der Waals surface area (Å²) in [7, 11) is 4.02.